The van der Waals surface area contributed by atoms with Crippen LogP contribution >= 0.6 is 0 Å². The first-order chi connectivity index (χ1) is 4.83. The Morgan fingerprint density at radius 3 is 2.82 bits per heavy atom. The van der Waals surface area contributed by atoms with Crippen LogP contribution in [0.2, 0.25) is 0 Å². The Labute approximate surface area is 100 Å². The maximum atomic E-state index is 3.89. The number of rotatable bonds is 1. The van der Waals surface area contributed by atoms with Gasteiger partial charge in [-0.3, -0.25) is 0 Å². The summed E-state index contributed by atoms with van der Waals surface area (Å²) in [4.78, 5) is 15.0. The summed E-state index contributed by atoms with van der Waals surface area (Å²) < 4.78 is 2.65. The minimum atomic E-state index is 0. The van der Waals surface area contributed by atoms with Gasteiger partial charge in [-0.2, -0.15) is 0 Å². The first-order valence-electron chi connectivity index (χ1n) is 2.49. The molecule has 0 aliphatic carbocycles. The third-order valence-corrected chi connectivity index (χ3v) is 1.10. The summed E-state index contributed by atoms with van der Waals surface area (Å²) >= 11 is 1.15. The molecule has 53 valence electrons. The zero-order valence-corrected chi connectivity index (χ0v) is 11.5. The van der Waals surface area contributed by atoms with E-state index in [1.54, 1.807) is 6.92 Å². The summed E-state index contributed by atoms with van der Waals surface area (Å²) in [5, 5.41) is 0. The van der Waals surface area contributed by atoms with E-state index in [4.69, 9.17) is 0 Å². The second-order valence-electron chi connectivity index (χ2n) is 1.49. The first-order valence-corrected chi connectivity index (χ1v) is 3.96. The second-order valence-corrected chi connectivity index (χ2v) is 2.14. The second kappa shape index (κ2) is 5.96. The van der Waals surface area contributed by atoms with Gasteiger partial charge in [0, 0.05) is 32.7 Å². The van der Waals surface area contributed by atoms with Crippen molar-refractivity contribution in [1.29, 1.82) is 0 Å². The van der Waals surface area contributed by atoms with Gasteiger partial charge in [-0.05, 0) is 0 Å². The SMILES string of the molecule is Cc1n[c-]nc(N=[C]=[W])n1.[Y]. The van der Waals surface area contributed by atoms with Gasteiger partial charge in [-0.1, -0.05) is 0 Å². The predicted molar refractivity (Wildman–Crippen MR) is 30.5 cm³/mol. The number of nitrogens with zero attached hydrogens (tertiary/aromatic N) is 4. The minimum absolute atomic E-state index is 0. The molecule has 1 rings (SSSR count). The van der Waals surface area contributed by atoms with Gasteiger partial charge in [-0.25, -0.2) is 0 Å². The van der Waals surface area contributed by atoms with Crippen molar-refractivity contribution in [3.05, 3.63) is 12.2 Å². The molecule has 1 heterocycles. The molecule has 0 N–H and O–H groups in total. The standard InChI is InChI=1S/C5H3N4.W.Y/c1-4-7-3-8-5(6-2)9-4;;/h1H3;;/q-1;;. The summed E-state index contributed by atoms with van der Waals surface area (Å²) in [6.07, 6.45) is 2.43. The van der Waals surface area contributed by atoms with E-state index in [0.717, 1.165) is 19.4 Å². The number of hydrogen-bond donors (Lipinski definition) is 0. The van der Waals surface area contributed by atoms with Crippen LogP contribution in [0, 0.1) is 13.3 Å². The first kappa shape index (κ1) is 11.4. The summed E-state index contributed by atoms with van der Waals surface area (Å²) in [6, 6.07) is 0. The maximum Gasteiger partial charge on any atom is 0 e. The van der Waals surface area contributed by atoms with Crippen molar-refractivity contribution >= 4 is 10.1 Å². The van der Waals surface area contributed by atoms with Gasteiger partial charge in [0.25, 0.3) is 0 Å². The van der Waals surface area contributed by atoms with E-state index in [0.29, 0.717) is 11.8 Å². The smallest absolute Gasteiger partial charge is 0 e. The Morgan fingerprint density at radius 2 is 2.27 bits per heavy atom. The topological polar surface area (TPSA) is 51.0 Å². The van der Waals surface area contributed by atoms with Crippen LogP contribution in [0.25, 0.3) is 0 Å². The summed E-state index contributed by atoms with van der Waals surface area (Å²) in [7, 11) is 0. The fourth-order valence-electron chi connectivity index (χ4n) is 0.428. The third kappa shape index (κ3) is 4.07. The van der Waals surface area contributed by atoms with Crippen LogP contribution in [0.15, 0.2) is 4.99 Å². The van der Waals surface area contributed by atoms with E-state index in [2.05, 4.69) is 30.5 Å². The average Bonchev–Trinajstić information content (AvgIpc) is 1.88. The number of aliphatic imine (C=N–C) groups is 1. The molecular formula is C5H3N4WY-. The molecule has 0 aliphatic heterocycles. The molecule has 0 bridgehead atoms. The molecule has 1 aromatic rings. The number of aromatic nitrogens is 3. The van der Waals surface area contributed by atoms with Crippen LogP contribution in [0.3, 0.4) is 0 Å². The Kier molecular flexibility index (Phi) is 6.17. The molecule has 0 amide bonds. The molecule has 0 spiro atoms. The van der Waals surface area contributed by atoms with Crippen molar-refractivity contribution in [3.8, 4) is 0 Å². The van der Waals surface area contributed by atoms with E-state index in [1.807, 2.05) is 0 Å². The normalized spacial score (nSPS) is 7.73. The average molecular weight is 392 g/mol. The van der Waals surface area contributed by atoms with E-state index < -0.39 is 0 Å². The molecule has 0 saturated heterocycles. The van der Waals surface area contributed by atoms with Crippen LogP contribution < -0.4 is 0 Å². The van der Waals surface area contributed by atoms with Gasteiger partial charge < -0.3 is 0 Å². The zero-order chi connectivity index (χ0) is 7.40. The molecule has 0 aliphatic rings. The fraction of sp³-hybridized carbons (Fsp3) is 0.200. The minimum Gasteiger partial charge on any atom is 0 e. The fourth-order valence-corrected chi connectivity index (χ4v) is 0.721. The van der Waals surface area contributed by atoms with E-state index in [9.17, 15) is 0 Å². The third-order valence-electron chi connectivity index (χ3n) is 0.769. The monoisotopic (exact) mass is 392 g/mol. The summed E-state index contributed by atoms with van der Waals surface area (Å²) in [6.45, 7) is 1.76. The molecule has 0 aromatic carbocycles. The van der Waals surface area contributed by atoms with E-state index >= 15 is 0 Å². The van der Waals surface area contributed by atoms with Gasteiger partial charge >= 0.3 is 68.5 Å². The Bertz CT molecular complexity index is 284. The predicted octanol–water partition coefficient (Wildman–Crippen LogP) is 0.0613. The Morgan fingerprint density at radius 1 is 1.55 bits per heavy atom. The molecule has 0 atom stereocenters. The van der Waals surface area contributed by atoms with Crippen molar-refractivity contribution in [2.75, 3.05) is 0 Å². The Balaban J connectivity index is 0.000001000. The van der Waals surface area contributed by atoms with Gasteiger partial charge in [0.15, 0.2) is 0 Å². The maximum absolute atomic E-state index is 3.89. The molecule has 0 saturated carbocycles. The molecule has 1 aromatic heterocycles. The van der Waals surface area contributed by atoms with Crippen molar-refractivity contribution in [2.45, 2.75) is 6.92 Å². The van der Waals surface area contributed by atoms with Crippen LogP contribution in [0.1, 0.15) is 5.82 Å². The van der Waals surface area contributed by atoms with Crippen molar-refractivity contribution < 1.29 is 52.1 Å². The molecule has 0 unspecified atom stereocenters. The van der Waals surface area contributed by atoms with Crippen molar-refractivity contribution in [3.63, 3.8) is 0 Å². The van der Waals surface area contributed by atoms with Crippen LogP contribution in [-0.4, -0.2) is 19.1 Å². The molecule has 4 nitrogen and oxygen atoms in total. The zero-order valence-electron chi connectivity index (χ0n) is 5.77. The summed E-state index contributed by atoms with van der Waals surface area (Å²) in [5.74, 6) is 1.00. The molecule has 0 fully saturated rings. The number of aryl methyl sites for hydroxylation is 1. The summed E-state index contributed by atoms with van der Waals surface area (Å²) in [5.41, 5.74) is 0. The van der Waals surface area contributed by atoms with E-state index in [-0.39, 0.29) is 32.7 Å². The van der Waals surface area contributed by atoms with E-state index in [1.165, 1.54) is 0 Å². The van der Waals surface area contributed by atoms with Crippen LogP contribution in [0.5, 0.6) is 0 Å². The molecule has 6 heteroatoms. The van der Waals surface area contributed by atoms with Crippen LogP contribution in [-0.2, 0) is 52.1 Å². The van der Waals surface area contributed by atoms with Gasteiger partial charge in [0.2, 0.25) is 0 Å². The van der Waals surface area contributed by atoms with Gasteiger partial charge in [-0.15, -0.1) is 0 Å². The van der Waals surface area contributed by atoms with Crippen molar-refractivity contribution in [2.24, 2.45) is 4.99 Å². The Hall–Kier alpha value is 0.382. The van der Waals surface area contributed by atoms with Gasteiger partial charge in [0.1, 0.15) is 0 Å². The van der Waals surface area contributed by atoms with Crippen LogP contribution in [0.4, 0.5) is 5.95 Å². The molecule has 1 radical (unpaired) electrons. The largest absolute Gasteiger partial charge is 0 e. The van der Waals surface area contributed by atoms with Gasteiger partial charge in [0.05, 0.1) is 0 Å². The molecule has 11 heavy (non-hydrogen) atoms. The number of hydrogen-bond acceptors (Lipinski definition) is 4. The molecular weight excluding hydrogens is 389 g/mol. The quantitative estimate of drug-likeness (QED) is 0.502. The van der Waals surface area contributed by atoms with Crippen molar-refractivity contribution in [1.82, 2.24) is 15.0 Å².